The number of benzene rings is 3. The Balaban J connectivity index is 2.06. The van der Waals surface area contributed by atoms with E-state index in [0.717, 1.165) is 6.07 Å². The summed E-state index contributed by atoms with van der Waals surface area (Å²) in [6.07, 6.45) is -0.0451. The summed E-state index contributed by atoms with van der Waals surface area (Å²) >= 11 is 0. The first-order chi connectivity index (χ1) is 14.8. The van der Waals surface area contributed by atoms with Gasteiger partial charge in [-0.25, -0.2) is 9.18 Å². The number of aromatic carboxylic acids is 1. The fourth-order valence-corrected chi connectivity index (χ4v) is 3.70. The van der Waals surface area contributed by atoms with Crippen LogP contribution >= 0.6 is 0 Å². The van der Waals surface area contributed by atoms with E-state index in [9.17, 15) is 22.7 Å². The molecule has 0 saturated heterocycles. The van der Waals surface area contributed by atoms with Crippen LogP contribution in [0.5, 0.6) is 0 Å². The Labute approximate surface area is 178 Å². The number of carboxylic acids is 1. The molecule has 0 aliphatic carbocycles. The Morgan fingerprint density at radius 1 is 1.03 bits per heavy atom. The highest BCUT2D eigenvalue weighted by molar-refractivity contribution is 7.89. The van der Waals surface area contributed by atoms with Gasteiger partial charge in [0, 0.05) is 12.0 Å². The summed E-state index contributed by atoms with van der Waals surface area (Å²) < 4.78 is 38.8. The molecule has 0 radical (unpaired) electrons. The topological polar surface area (TPSA) is 120 Å². The van der Waals surface area contributed by atoms with Crippen molar-refractivity contribution < 1.29 is 22.7 Å². The number of carbonyl (C=O) groups is 1. The van der Waals surface area contributed by atoms with Crippen molar-refractivity contribution in [3.8, 4) is 6.07 Å². The van der Waals surface area contributed by atoms with Crippen molar-refractivity contribution in [3.63, 3.8) is 0 Å². The van der Waals surface area contributed by atoms with E-state index in [4.69, 9.17) is 5.26 Å². The van der Waals surface area contributed by atoms with E-state index in [2.05, 4.69) is 9.93 Å². The summed E-state index contributed by atoms with van der Waals surface area (Å²) in [5, 5.41) is 22.6. The number of halogens is 1. The highest BCUT2D eigenvalue weighted by atomic mass is 32.2. The number of rotatable bonds is 7. The van der Waals surface area contributed by atoms with Gasteiger partial charge in [-0.2, -0.15) is 23.6 Å². The molecule has 2 N–H and O–H groups in total. The van der Waals surface area contributed by atoms with Crippen LogP contribution in [-0.2, 0) is 16.4 Å². The molecule has 0 bridgehead atoms. The monoisotopic (exact) mass is 437 g/mol. The van der Waals surface area contributed by atoms with Gasteiger partial charge >= 0.3 is 5.97 Å². The van der Waals surface area contributed by atoms with Crippen molar-refractivity contribution in [1.29, 1.82) is 5.26 Å². The van der Waals surface area contributed by atoms with Crippen LogP contribution in [-0.4, -0.2) is 25.2 Å². The number of hydrogen-bond acceptors (Lipinski definition) is 5. The summed E-state index contributed by atoms with van der Waals surface area (Å²) in [5.41, 5.74) is 0.466. The molecule has 0 heterocycles. The van der Waals surface area contributed by atoms with Crippen molar-refractivity contribution in [1.82, 2.24) is 4.83 Å². The number of hydrogen-bond donors (Lipinski definition) is 2. The normalized spacial score (nSPS) is 11.5. The zero-order chi connectivity index (χ0) is 22.4. The molecule has 0 fully saturated rings. The van der Waals surface area contributed by atoms with Gasteiger partial charge in [-0.1, -0.05) is 42.5 Å². The first-order valence-electron chi connectivity index (χ1n) is 8.96. The lowest BCUT2D eigenvalue weighted by atomic mass is 9.97. The van der Waals surface area contributed by atoms with E-state index in [-0.39, 0.29) is 33.7 Å². The summed E-state index contributed by atoms with van der Waals surface area (Å²) in [7, 11) is -4.01. The molecule has 0 aliphatic rings. The van der Waals surface area contributed by atoms with Gasteiger partial charge in [0.1, 0.15) is 11.9 Å². The molecule has 3 aromatic rings. The minimum atomic E-state index is -4.01. The van der Waals surface area contributed by atoms with Crippen molar-refractivity contribution in [2.24, 2.45) is 5.10 Å². The van der Waals surface area contributed by atoms with Crippen LogP contribution in [0.15, 0.2) is 82.8 Å². The molecule has 0 saturated carbocycles. The van der Waals surface area contributed by atoms with Crippen molar-refractivity contribution in [2.75, 3.05) is 0 Å². The molecule has 0 atom stereocenters. The quantitative estimate of drug-likeness (QED) is 0.434. The Hall–Kier alpha value is -4.03. The van der Waals surface area contributed by atoms with Gasteiger partial charge < -0.3 is 5.11 Å². The molecular formula is C22H16FN3O4S. The fraction of sp³-hybridized carbons (Fsp3) is 0.0455. The molecular weight excluding hydrogens is 421 g/mol. The average Bonchev–Trinajstić information content (AvgIpc) is 2.78. The second-order valence-electron chi connectivity index (χ2n) is 6.42. The summed E-state index contributed by atoms with van der Waals surface area (Å²) in [6, 6.07) is 19.1. The van der Waals surface area contributed by atoms with E-state index in [0.29, 0.717) is 5.56 Å². The summed E-state index contributed by atoms with van der Waals surface area (Å²) in [5.74, 6) is -1.91. The van der Waals surface area contributed by atoms with E-state index < -0.39 is 21.8 Å². The molecule has 0 aliphatic heterocycles. The predicted molar refractivity (Wildman–Crippen MR) is 112 cm³/mol. The molecule has 0 amide bonds. The van der Waals surface area contributed by atoms with Crippen LogP contribution in [0, 0.1) is 17.1 Å². The lowest BCUT2D eigenvalue weighted by Gasteiger charge is -2.12. The second kappa shape index (κ2) is 9.19. The first kappa shape index (κ1) is 21.7. The number of nitriles is 1. The van der Waals surface area contributed by atoms with Gasteiger partial charge in [0.15, 0.2) is 0 Å². The van der Waals surface area contributed by atoms with E-state index >= 15 is 0 Å². The van der Waals surface area contributed by atoms with Crippen LogP contribution in [0.4, 0.5) is 4.39 Å². The molecule has 156 valence electrons. The molecule has 0 unspecified atom stereocenters. The molecule has 31 heavy (non-hydrogen) atoms. The third-order valence-electron chi connectivity index (χ3n) is 4.35. The minimum Gasteiger partial charge on any atom is -0.478 e. The zero-order valence-corrected chi connectivity index (χ0v) is 16.8. The summed E-state index contributed by atoms with van der Waals surface area (Å²) in [6.45, 7) is 0. The lowest BCUT2D eigenvalue weighted by molar-refractivity contribution is 0.0696. The maximum absolute atomic E-state index is 13.7. The molecule has 3 aromatic carbocycles. The fourth-order valence-electron chi connectivity index (χ4n) is 2.85. The molecule has 0 spiro atoms. The smallest absolute Gasteiger partial charge is 0.336 e. The van der Waals surface area contributed by atoms with Crippen molar-refractivity contribution in [2.45, 2.75) is 11.3 Å². The maximum atomic E-state index is 13.7. The lowest BCUT2D eigenvalue weighted by Crippen LogP contribution is -2.22. The van der Waals surface area contributed by atoms with Gasteiger partial charge in [-0.05, 0) is 35.9 Å². The second-order valence-corrected chi connectivity index (χ2v) is 8.08. The van der Waals surface area contributed by atoms with Gasteiger partial charge in [0.25, 0.3) is 10.0 Å². The third-order valence-corrected chi connectivity index (χ3v) is 5.57. The molecule has 3 rings (SSSR count). The largest absolute Gasteiger partial charge is 0.478 e. The highest BCUT2D eigenvalue weighted by Gasteiger charge is 2.18. The first-order valence-corrected chi connectivity index (χ1v) is 10.4. The van der Waals surface area contributed by atoms with Crippen LogP contribution in [0.2, 0.25) is 0 Å². The Bertz CT molecular complexity index is 1300. The van der Waals surface area contributed by atoms with Crippen LogP contribution in [0.3, 0.4) is 0 Å². The number of nitrogens with zero attached hydrogens (tertiary/aromatic N) is 2. The summed E-state index contributed by atoms with van der Waals surface area (Å²) in [4.78, 5) is 13.8. The average molecular weight is 437 g/mol. The van der Waals surface area contributed by atoms with E-state index in [1.165, 1.54) is 42.5 Å². The van der Waals surface area contributed by atoms with Crippen molar-refractivity contribution >= 4 is 21.7 Å². The molecule has 7 nitrogen and oxygen atoms in total. The van der Waals surface area contributed by atoms with Gasteiger partial charge in [0.05, 0.1) is 21.7 Å². The Kier molecular flexibility index (Phi) is 6.43. The predicted octanol–water partition coefficient (Wildman–Crippen LogP) is 3.32. The minimum absolute atomic E-state index is 0.0156. The van der Waals surface area contributed by atoms with Crippen LogP contribution in [0.25, 0.3) is 0 Å². The zero-order valence-electron chi connectivity index (χ0n) is 16.0. The molecule has 0 aromatic heterocycles. The number of nitrogens with one attached hydrogen (secondary N) is 1. The highest BCUT2D eigenvalue weighted by Crippen LogP contribution is 2.17. The van der Waals surface area contributed by atoms with E-state index in [1.807, 2.05) is 0 Å². The van der Waals surface area contributed by atoms with Crippen LogP contribution < -0.4 is 4.83 Å². The number of hydrazone groups is 1. The maximum Gasteiger partial charge on any atom is 0.336 e. The van der Waals surface area contributed by atoms with Gasteiger partial charge in [-0.15, -0.1) is 0 Å². The third kappa shape index (κ3) is 5.12. The number of carboxylic acid groups (broad SMARTS) is 1. The Morgan fingerprint density at radius 2 is 1.68 bits per heavy atom. The van der Waals surface area contributed by atoms with Crippen molar-refractivity contribution in [3.05, 3.63) is 101 Å². The van der Waals surface area contributed by atoms with Gasteiger partial charge in [0.2, 0.25) is 0 Å². The Morgan fingerprint density at radius 3 is 2.32 bits per heavy atom. The SMILES string of the molecule is N#Cc1cc(CC(=NNS(=O)(=O)c2ccccc2)c2ccccc2C(=O)O)ccc1F. The van der Waals surface area contributed by atoms with E-state index in [1.54, 1.807) is 30.3 Å². The van der Waals surface area contributed by atoms with Crippen LogP contribution in [0.1, 0.15) is 27.0 Å². The molecule has 9 heteroatoms. The standard InChI is InChI=1S/C22H16FN3O4S/c23-20-11-10-15(12-16(20)14-24)13-21(18-8-4-5-9-19(18)22(27)28)25-26-31(29,30)17-6-2-1-3-7-17/h1-12,26H,13H2,(H,27,28). The number of sulfonamides is 1. The van der Waals surface area contributed by atoms with Gasteiger partial charge in [-0.3, -0.25) is 0 Å².